The van der Waals surface area contributed by atoms with Crippen LogP contribution in [0, 0.1) is 0 Å². The van der Waals surface area contributed by atoms with Gasteiger partial charge in [-0.3, -0.25) is 4.98 Å². The summed E-state index contributed by atoms with van der Waals surface area (Å²) in [6, 6.07) is 7.64. The molecule has 0 aliphatic rings. The van der Waals surface area contributed by atoms with E-state index in [1.165, 1.54) is 0 Å². The number of benzene rings is 1. The summed E-state index contributed by atoms with van der Waals surface area (Å²) < 4.78 is 5.19. The third kappa shape index (κ3) is 5.89. The molecule has 2 aromatic rings. The molecule has 5 nitrogen and oxygen atoms in total. The molecule has 0 atom stereocenters. The molecule has 0 saturated carbocycles. The van der Waals surface area contributed by atoms with Crippen molar-refractivity contribution in [1.29, 1.82) is 0 Å². The third-order valence-corrected chi connectivity index (χ3v) is 3.53. The zero-order valence-electron chi connectivity index (χ0n) is 14.4. The summed E-state index contributed by atoms with van der Waals surface area (Å²) in [7, 11) is 0. The van der Waals surface area contributed by atoms with Crippen LogP contribution in [0.2, 0.25) is 5.02 Å². The normalized spacial score (nSPS) is 11.3. The van der Waals surface area contributed by atoms with Gasteiger partial charge in [-0.2, -0.15) is 0 Å². The van der Waals surface area contributed by atoms with Crippen LogP contribution < -0.4 is 10.6 Å². The van der Waals surface area contributed by atoms with Crippen LogP contribution in [0.25, 0.3) is 10.9 Å². The zero-order valence-corrected chi connectivity index (χ0v) is 15.1. The minimum absolute atomic E-state index is 0.368. The van der Waals surface area contributed by atoms with Gasteiger partial charge in [-0.1, -0.05) is 11.6 Å². The van der Waals surface area contributed by atoms with Crippen molar-refractivity contribution in [2.24, 2.45) is 0 Å². The van der Waals surface area contributed by atoms with Gasteiger partial charge in [-0.25, -0.2) is 4.79 Å². The first kappa shape index (κ1) is 18.3. The van der Waals surface area contributed by atoms with E-state index in [1.807, 2.05) is 45.0 Å². The summed E-state index contributed by atoms with van der Waals surface area (Å²) in [5, 5.41) is 7.90. The quantitative estimate of drug-likeness (QED) is 0.748. The molecule has 0 aliphatic heterocycles. The van der Waals surface area contributed by atoms with Gasteiger partial charge in [0.05, 0.1) is 5.52 Å². The van der Waals surface area contributed by atoms with Crippen LogP contribution in [0.5, 0.6) is 0 Å². The Kier molecular flexibility index (Phi) is 6.26. The number of rotatable bonds is 6. The molecule has 0 radical (unpaired) electrons. The lowest BCUT2D eigenvalue weighted by Gasteiger charge is -2.19. The predicted molar refractivity (Wildman–Crippen MR) is 98.7 cm³/mol. The highest BCUT2D eigenvalue weighted by Gasteiger charge is 2.15. The van der Waals surface area contributed by atoms with E-state index in [1.54, 1.807) is 6.20 Å². The molecule has 2 rings (SSSR count). The van der Waals surface area contributed by atoms with Gasteiger partial charge in [-0.05, 0) is 57.9 Å². The van der Waals surface area contributed by atoms with Crippen LogP contribution in [0.15, 0.2) is 30.5 Å². The summed E-state index contributed by atoms with van der Waals surface area (Å²) in [4.78, 5) is 15.8. The molecule has 1 aromatic heterocycles. The minimum Gasteiger partial charge on any atom is -0.444 e. The lowest BCUT2D eigenvalue weighted by Crippen LogP contribution is -2.33. The Labute approximate surface area is 147 Å². The fraction of sp³-hybridized carbons (Fsp3) is 0.444. The number of anilines is 1. The zero-order chi connectivity index (χ0) is 17.6. The average Bonchev–Trinajstić information content (AvgIpc) is 2.48. The second kappa shape index (κ2) is 8.20. The van der Waals surface area contributed by atoms with Gasteiger partial charge in [-0.15, -0.1) is 0 Å². The predicted octanol–water partition coefficient (Wildman–Crippen LogP) is 4.61. The molecule has 0 saturated heterocycles. The molecule has 6 heteroatoms. The van der Waals surface area contributed by atoms with E-state index in [4.69, 9.17) is 16.3 Å². The largest absolute Gasteiger partial charge is 0.444 e. The molecule has 130 valence electrons. The number of pyridine rings is 1. The van der Waals surface area contributed by atoms with E-state index in [9.17, 15) is 4.79 Å². The second-order valence-corrected chi connectivity index (χ2v) is 7.02. The molecule has 1 aromatic carbocycles. The van der Waals surface area contributed by atoms with Crippen molar-refractivity contribution in [3.05, 3.63) is 35.5 Å². The first-order valence-electron chi connectivity index (χ1n) is 8.10. The molecule has 1 heterocycles. The van der Waals surface area contributed by atoms with E-state index in [-0.39, 0.29) is 6.09 Å². The average molecular weight is 350 g/mol. The highest BCUT2D eigenvalue weighted by molar-refractivity contribution is 6.31. The first-order valence-corrected chi connectivity index (χ1v) is 8.48. The van der Waals surface area contributed by atoms with Crippen LogP contribution in [-0.2, 0) is 4.74 Å². The Morgan fingerprint density at radius 1 is 1.21 bits per heavy atom. The topological polar surface area (TPSA) is 63.2 Å². The molecule has 2 N–H and O–H groups in total. The van der Waals surface area contributed by atoms with Gasteiger partial charge >= 0.3 is 6.09 Å². The van der Waals surface area contributed by atoms with Gasteiger partial charge < -0.3 is 15.4 Å². The number of alkyl carbamates (subject to hydrolysis) is 1. The smallest absolute Gasteiger partial charge is 0.407 e. The fourth-order valence-corrected chi connectivity index (χ4v) is 2.42. The summed E-state index contributed by atoms with van der Waals surface area (Å²) in [5.74, 6) is 0. The molecule has 1 amide bonds. The molecule has 0 spiro atoms. The van der Waals surface area contributed by atoms with Crippen molar-refractivity contribution in [3.8, 4) is 0 Å². The van der Waals surface area contributed by atoms with Crippen molar-refractivity contribution in [3.63, 3.8) is 0 Å². The van der Waals surface area contributed by atoms with Crippen molar-refractivity contribution in [1.82, 2.24) is 10.3 Å². The minimum atomic E-state index is -0.461. The van der Waals surface area contributed by atoms with Gasteiger partial charge in [0.25, 0.3) is 0 Å². The standard InChI is InChI=1S/C18H24ClN3O2/c1-18(2,3)24-17(23)22-10-5-4-9-20-15-8-11-21-16-12-13(19)6-7-14(15)16/h6-8,11-12H,4-5,9-10H2,1-3H3,(H,20,21)(H,22,23). The lowest BCUT2D eigenvalue weighted by atomic mass is 10.2. The highest BCUT2D eigenvalue weighted by Crippen LogP contribution is 2.24. The maximum atomic E-state index is 11.5. The number of hydrogen-bond acceptors (Lipinski definition) is 4. The number of nitrogens with zero attached hydrogens (tertiary/aromatic N) is 1. The number of carbonyl (C=O) groups is 1. The van der Waals surface area contributed by atoms with Gasteiger partial charge in [0.15, 0.2) is 0 Å². The van der Waals surface area contributed by atoms with E-state index < -0.39 is 5.60 Å². The van der Waals surface area contributed by atoms with Crippen LogP contribution >= 0.6 is 11.6 Å². The number of unbranched alkanes of at least 4 members (excludes halogenated alkanes) is 1. The van der Waals surface area contributed by atoms with E-state index in [0.717, 1.165) is 36.0 Å². The van der Waals surface area contributed by atoms with Gasteiger partial charge in [0.1, 0.15) is 5.60 Å². The van der Waals surface area contributed by atoms with Crippen molar-refractivity contribution < 1.29 is 9.53 Å². The van der Waals surface area contributed by atoms with Crippen molar-refractivity contribution in [2.75, 3.05) is 18.4 Å². The number of ether oxygens (including phenoxy) is 1. The monoisotopic (exact) mass is 349 g/mol. The van der Waals surface area contributed by atoms with Crippen LogP contribution in [-0.4, -0.2) is 29.8 Å². The van der Waals surface area contributed by atoms with Crippen molar-refractivity contribution >= 4 is 34.3 Å². The summed E-state index contributed by atoms with van der Waals surface area (Å²) >= 11 is 5.99. The number of hydrogen-bond donors (Lipinski definition) is 2. The number of amides is 1. The van der Waals surface area contributed by atoms with E-state index >= 15 is 0 Å². The number of fused-ring (bicyclic) bond motifs is 1. The van der Waals surface area contributed by atoms with E-state index in [0.29, 0.717) is 11.6 Å². The number of halogens is 1. The van der Waals surface area contributed by atoms with Crippen LogP contribution in [0.3, 0.4) is 0 Å². The number of carbonyl (C=O) groups excluding carboxylic acids is 1. The number of nitrogens with one attached hydrogen (secondary N) is 2. The van der Waals surface area contributed by atoms with Crippen molar-refractivity contribution in [2.45, 2.75) is 39.2 Å². The van der Waals surface area contributed by atoms with E-state index in [2.05, 4.69) is 15.6 Å². The SMILES string of the molecule is CC(C)(C)OC(=O)NCCCCNc1ccnc2cc(Cl)ccc12. The maximum absolute atomic E-state index is 11.5. The van der Waals surface area contributed by atoms with Gasteiger partial charge in [0.2, 0.25) is 0 Å². The molecule has 24 heavy (non-hydrogen) atoms. The molecule has 0 unspecified atom stereocenters. The second-order valence-electron chi connectivity index (χ2n) is 6.58. The number of aromatic nitrogens is 1. The van der Waals surface area contributed by atoms with Crippen LogP contribution in [0.1, 0.15) is 33.6 Å². The molecule has 0 bridgehead atoms. The molecule has 0 fully saturated rings. The Bertz CT molecular complexity index is 698. The Hall–Kier alpha value is -2.01. The summed E-state index contributed by atoms with van der Waals surface area (Å²) in [6.45, 7) is 6.97. The Balaban J connectivity index is 1.73. The molecule has 0 aliphatic carbocycles. The summed E-state index contributed by atoms with van der Waals surface area (Å²) in [6.07, 6.45) is 3.21. The maximum Gasteiger partial charge on any atom is 0.407 e. The first-order chi connectivity index (χ1) is 11.3. The highest BCUT2D eigenvalue weighted by atomic mass is 35.5. The van der Waals surface area contributed by atoms with Gasteiger partial charge in [0, 0.05) is 35.4 Å². The lowest BCUT2D eigenvalue weighted by molar-refractivity contribution is 0.0527. The molecular weight excluding hydrogens is 326 g/mol. The third-order valence-electron chi connectivity index (χ3n) is 3.29. The van der Waals surface area contributed by atoms with Crippen LogP contribution in [0.4, 0.5) is 10.5 Å². The summed E-state index contributed by atoms with van der Waals surface area (Å²) in [5.41, 5.74) is 1.45. The Morgan fingerprint density at radius 2 is 1.96 bits per heavy atom. The Morgan fingerprint density at radius 3 is 2.71 bits per heavy atom. The fourth-order valence-electron chi connectivity index (χ4n) is 2.25. The molecular formula is C18H24ClN3O2.